The van der Waals surface area contributed by atoms with Crippen molar-refractivity contribution in [1.82, 2.24) is 19.7 Å². The predicted octanol–water partition coefficient (Wildman–Crippen LogP) is 3.31. The first-order valence-electron chi connectivity index (χ1n) is 11.9. The molecule has 0 amide bonds. The molecule has 2 saturated heterocycles. The smallest absolute Gasteiger partial charge is 0.150 e. The van der Waals surface area contributed by atoms with Gasteiger partial charge in [-0.25, -0.2) is 9.67 Å². The fraction of sp³-hybridized carbons (Fsp3) is 0.440. The van der Waals surface area contributed by atoms with Gasteiger partial charge in [0.1, 0.15) is 17.0 Å². The van der Waals surface area contributed by atoms with Gasteiger partial charge in [0.2, 0.25) is 0 Å². The summed E-state index contributed by atoms with van der Waals surface area (Å²) in [6, 6.07) is 6.28. The van der Waals surface area contributed by atoms with Gasteiger partial charge in [0, 0.05) is 43.5 Å². The lowest BCUT2D eigenvalue weighted by Crippen LogP contribution is -2.44. The number of aromatic nitrogens is 4. The van der Waals surface area contributed by atoms with Gasteiger partial charge in [-0.2, -0.15) is 5.10 Å². The van der Waals surface area contributed by atoms with Gasteiger partial charge >= 0.3 is 0 Å². The van der Waals surface area contributed by atoms with Crippen LogP contribution >= 0.6 is 0 Å². The summed E-state index contributed by atoms with van der Waals surface area (Å²) < 4.78 is 13.6. The van der Waals surface area contributed by atoms with Crippen molar-refractivity contribution in [3.8, 4) is 11.4 Å². The Balaban J connectivity index is 1.72. The monoisotopic (exact) mass is 461 g/mol. The van der Waals surface area contributed by atoms with Crippen LogP contribution < -0.4 is 10.6 Å². The lowest BCUT2D eigenvalue weighted by Gasteiger charge is -2.34. The highest BCUT2D eigenvalue weighted by Gasteiger charge is 2.25. The number of nitrogens with two attached hydrogens (primary N) is 1. The maximum absolute atomic E-state index is 6.03. The van der Waals surface area contributed by atoms with E-state index in [9.17, 15) is 0 Å². The van der Waals surface area contributed by atoms with Gasteiger partial charge in [-0.15, -0.1) is 0 Å². The third-order valence-electron chi connectivity index (χ3n) is 6.49. The maximum Gasteiger partial charge on any atom is 0.150 e. The Morgan fingerprint density at radius 3 is 2.91 bits per heavy atom. The van der Waals surface area contributed by atoms with E-state index in [-0.39, 0.29) is 12.3 Å². The summed E-state index contributed by atoms with van der Waals surface area (Å²) in [5, 5.41) is 5.56. The number of allylic oxidation sites excluding steroid dienone is 1. The normalized spacial score (nSPS) is 22.1. The highest BCUT2D eigenvalue weighted by Crippen LogP contribution is 2.34. The first-order chi connectivity index (χ1) is 16.7. The lowest BCUT2D eigenvalue weighted by atomic mass is 10.0. The number of rotatable bonds is 5. The van der Waals surface area contributed by atoms with Crippen molar-refractivity contribution in [1.29, 1.82) is 0 Å². The second-order valence-corrected chi connectivity index (χ2v) is 8.65. The molecule has 5 heterocycles. The molecule has 9 heteroatoms. The number of pyridine rings is 2. The van der Waals surface area contributed by atoms with Crippen LogP contribution in [0.5, 0.6) is 0 Å². The summed E-state index contributed by atoms with van der Waals surface area (Å²) in [5.74, 6) is 0.874. The van der Waals surface area contributed by atoms with Crippen LogP contribution in [0.1, 0.15) is 38.0 Å². The molecule has 34 heavy (non-hydrogen) atoms. The Hall–Kier alpha value is -3.30. The number of ether oxygens (including phenoxy) is 2. The molecule has 0 saturated carbocycles. The van der Waals surface area contributed by atoms with Gasteiger partial charge in [0.15, 0.2) is 6.23 Å². The molecule has 2 atom stereocenters. The summed E-state index contributed by atoms with van der Waals surface area (Å²) in [6.07, 6.45) is 10.0. The zero-order valence-electron chi connectivity index (χ0n) is 19.7. The number of nitrogens with zero attached hydrogens (tertiary/aromatic N) is 6. The predicted molar refractivity (Wildman–Crippen MR) is 133 cm³/mol. The molecular weight excluding hydrogens is 430 g/mol. The SMILES string of the molecule is CN=C(/C=C\N)c1cc(N2CCOCC2C)nc2c(-c3ccnn3C3CCCCO3)nccc12. The van der Waals surface area contributed by atoms with Crippen molar-refractivity contribution in [3.05, 3.63) is 48.4 Å². The van der Waals surface area contributed by atoms with Crippen molar-refractivity contribution in [2.75, 3.05) is 38.3 Å². The van der Waals surface area contributed by atoms with E-state index in [0.29, 0.717) is 13.2 Å². The Morgan fingerprint density at radius 1 is 1.24 bits per heavy atom. The average Bonchev–Trinajstić information content (AvgIpc) is 3.37. The molecule has 0 aliphatic carbocycles. The van der Waals surface area contributed by atoms with Gasteiger partial charge in [-0.1, -0.05) is 0 Å². The molecule has 0 spiro atoms. The summed E-state index contributed by atoms with van der Waals surface area (Å²) in [4.78, 5) is 16.7. The Morgan fingerprint density at radius 2 is 2.15 bits per heavy atom. The van der Waals surface area contributed by atoms with Gasteiger partial charge in [0.05, 0.1) is 30.7 Å². The van der Waals surface area contributed by atoms with Crippen molar-refractivity contribution in [3.63, 3.8) is 0 Å². The van der Waals surface area contributed by atoms with E-state index < -0.39 is 0 Å². The highest BCUT2D eigenvalue weighted by atomic mass is 16.5. The zero-order chi connectivity index (χ0) is 23.5. The topological polar surface area (TPSA) is 104 Å². The van der Waals surface area contributed by atoms with E-state index in [1.54, 1.807) is 13.2 Å². The fourth-order valence-electron chi connectivity index (χ4n) is 4.78. The molecule has 9 nitrogen and oxygen atoms in total. The van der Waals surface area contributed by atoms with Gasteiger partial charge in [0.25, 0.3) is 0 Å². The number of aliphatic imine (C=N–C) groups is 1. The standard InChI is InChI=1S/C25H31N7O2/c1-17-16-33-14-12-31(17)22-15-19(20(27-2)6-9-26)18-7-10-28-25(24(18)30-22)21-8-11-29-32(21)23-5-3-4-13-34-23/h6-11,15,17,23H,3-5,12-14,16,26H2,1-2H3/b9-6-,27-20?. The van der Waals surface area contributed by atoms with Crippen LogP contribution in [0.15, 0.2) is 47.9 Å². The first-order valence-corrected chi connectivity index (χ1v) is 11.9. The average molecular weight is 462 g/mol. The molecule has 2 aliphatic heterocycles. The van der Waals surface area contributed by atoms with E-state index in [4.69, 9.17) is 25.2 Å². The maximum atomic E-state index is 6.03. The molecule has 0 radical (unpaired) electrons. The molecule has 2 aliphatic rings. The summed E-state index contributed by atoms with van der Waals surface area (Å²) >= 11 is 0. The summed E-state index contributed by atoms with van der Waals surface area (Å²) in [7, 11) is 1.77. The van der Waals surface area contributed by atoms with Crippen LogP contribution in [0.3, 0.4) is 0 Å². The van der Waals surface area contributed by atoms with Gasteiger partial charge in [-0.05, 0) is 56.7 Å². The van der Waals surface area contributed by atoms with Gasteiger partial charge < -0.3 is 20.1 Å². The van der Waals surface area contributed by atoms with E-state index in [1.807, 2.05) is 29.1 Å². The number of hydrogen-bond donors (Lipinski definition) is 1. The first kappa shape index (κ1) is 22.5. The summed E-state index contributed by atoms with van der Waals surface area (Å²) in [5.41, 5.74) is 9.99. The Kier molecular flexibility index (Phi) is 6.55. The van der Waals surface area contributed by atoms with Crippen molar-refractivity contribution in [2.24, 2.45) is 10.7 Å². The quantitative estimate of drug-likeness (QED) is 0.581. The second-order valence-electron chi connectivity index (χ2n) is 8.65. The molecule has 2 unspecified atom stereocenters. The lowest BCUT2D eigenvalue weighted by molar-refractivity contribution is -0.0383. The summed E-state index contributed by atoms with van der Waals surface area (Å²) in [6.45, 7) is 5.00. The zero-order valence-corrected chi connectivity index (χ0v) is 19.7. The molecular formula is C25H31N7O2. The minimum absolute atomic E-state index is 0.0920. The largest absolute Gasteiger partial charge is 0.405 e. The third-order valence-corrected chi connectivity index (χ3v) is 6.49. The van der Waals surface area contributed by atoms with Crippen molar-refractivity contribution < 1.29 is 9.47 Å². The number of morpholine rings is 1. The van der Waals surface area contributed by atoms with E-state index in [2.05, 4.69) is 28.0 Å². The molecule has 178 valence electrons. The fourth-order valence-corrected chi connectivity index (χ4v) is 4.78. The van der Waals surface area contributed by atoms with Crippen LogP contribution in [0.2, 0.25) is 0 Å². The van der Waals surface area contributed by atoms with Crippen LogP contribution in [-0.4, -0.2) is 64.9 Å². The van der Waals surface area contributed by atoms with Gasteiger partial charge in [-0.3, -0.25) is 9.98 Å². The second kappa shape index (κ2) is 9.90. The van der Waals surface area contributed by atoms with E-state index in [0.717, 1.165) is 71.8 Å². The highest BCUT2D eigenvalue weighted by molar-refractivity contribution is 6.17. The minimum atomic E-state index is -0.0920. The molecule has 0 aromatic carbocycles. The number of fused-ring (bicyclic) bond motifs is 1. The van der Waals surface area contributed by atoms with Crippen molar-refractivity contribution in [2.45, 2.75) is 38.5 Å². The van der Waals surface area contributed by atoms with Crippen molar-refractivity contribution >= 4 is 22.4 Å². The Labute approximate surface area is 199 Å². The molecule has 3 aromatic rings. The molecule has 5 rings (SSSR count). The Bertz CT molecular complexity index is 1210. The van der Waals surface area contributed by atoms with Crippen LogP contribution in [0, 0.1) is 0 Å². The van der Waals surface area contributed by atoms with E-state index in [1.165, 1.54) is 6.20 Å². The third kappa shape index (κ3) is 4.17. The number of anilines is 1. The molecule has 3 aromatic heterocycles. The van der Waals surface area contributed by atoms with Crippen LogP contribution in [0.25, 0.3) is 22.3 Å². The molecule has 2 fully saturated rings. The molecule has 2 N–H and O–H groups in total. The minimum Gasteiger partial charge on any atom is -0.405 e. The molecule has 0 bridgehead atoms. The van der Waals surface area contributed by atoms with E-state index >= 15 is 0 Å². The van der Waals surface area contributed by atoms with Crippen LogP contribution in [0.4, 0.5) is 5.82 Å². The number of hydrogen-bond acceptors (Lipinski definition) is 8. The van der Waals surface area contributed by atoms with Crippen LogP contribution in [-0.2, 0) is 9.47 Å².